The Morgan fingerprint density at radius 2 is 0.967 bits per heavy atom. The lowest BCUT2D eigenvalue weighted by molar-refractivity contribution is -0.124. The van der Waals surface area contributed by atoms with Crippen molar-refractivity contribution in [2.24, 2.45) is 47.3 Å². The summed E-state index contributed by atoms with van der Waals surface area (Å²) in [6.07, 6.45) is 8.18. The molecule has 6 aliphatic rings. The van der Waals surface area contributed by atoms with Gasteiger partial charge in [0.15, 0.2) is 0 Å². The number of imide groups is 2. The predicted molar refractivity (Wildman–Crippen MR) is 107 cm³/mol. The molecule has 30 heavy (non-hydrogen) atoms. The highest BCUT2D eigenvalue weighted by molar-refractivity contribution is 6.24. The van der Waals surface area contributed by atoms with Gasteiger partial charge in [-0.1, -0.05) is 12.2 Å². The molecule has 7 rings (SSSR count). The molecule has 5 fully saturated rings. The van der Waals surface area contributed by atoms with E-state index in [0.29, 0.717) is 23.2 Å². The van der Waals surface area contributed by atoms with Crippen molar-refractivity contribution in [3.8, 4) is 0 Å². The Morgan fingerprint density at radius 3 is 1.40 bits per heavy atom. The van der Waals surface area contributed by atoms with Crippen LogP contribution >= 0.6 is 0 Å². The van der Waals surface area contributed by atoms with Crippen molar-refractivity contribution in [1.29, 1.82) is 0 Å². The van der Waals surface area contributed by atoms with Gasteiger partial charge in [0.25, 0.3) is 0 Å². The van der Waals surface area contributed by atoms with Crippen LogP contribution in [0.4, 0.5) is 11.4 Å². The highest BCUT2D eigenvalue weighted by atomic mass is 16.2. The van der Waals surface area contributed by atoms with Crippen molar-refractivity contribution < 1.29 is 19.2 Å². The van der Waals surface area contributed by atoms with Crippen molar-refractivity contribution in [1.82, 2.24) is 0 Å². The largest absolute Gasteiger partial charge is 0.274 e. The molecule has 6 nitrogen and oxygen atoms in total. The van der Waals surface area contributed by atoms with E-state index in [0.717, 1.165) is 25.7 Å². The number of benzene rings is 1. The van der Waals surface area contributed by atoms with Crippen molar-refractivity contribution >= 4 is 35.0 Å². The quantitative estimate of drug-likeness (QED) is 0.563. The van der Waals surface area contributed by atoms with Crippen LogP contribution in [0.15, 0.2) is 36.4 Å². The van der Waals surface area contributed by atoms with Crippen molar-refractivity contribution in [2.45, 2.75) is 25.7 Å². The molecule has 1 aromatic rings. The zero-order chi connectivity index (χ0) is 20.3. The first-order valence-electron chi connectivity index (χ1n) is 11.1. The van der Waals surface area contributed by atoms with Gasteiger partial charge in [0.2, 0.25) is 23.6 Å². The first kappa shape index (κ1) is 17.0. The standard InChI is InChI=1S/C24H22N2O4/c27-21-17-11-1-2-12(9-11)18(17)22(28)25(21)15-5-7-16(8-6-15)26-23(29)19-13-3-4-14(10-13)20(19)24(26)30/h1-2,5-8,11-14,17-20H,3-4,9-10H2/t11-,12-,13-,14-,17-,18+,19+,20+/m0/s1. The van der Waals surface area contributed by atoms with Crippen LogP contribution in [0.25, 0.3) is 0 Å². The van der Waals surface area contributed by atoms with E-state index in [9.17, 15) is 19.2 Å². The second-order valence-corrected chi connectivity index (χ2v) is 9.92. The monoisotopic (exact) mass is 402 g/mol. The van der Waals surface area contributed by atoms with Crippen LogP contribution in [-0.4, -0.2) is 23.6 Å². The Morgan fingerprint density at radius 1 is 0.567 bits per heavy atom. The molecule has 2 aliphatic heterocycles. The average Bonchev–Trinajstić information content (AvgIpc) is 3.56. The minimum Gasteiger partial charge on any atom is -0.274 e. The number of anilines is 2. The van der Waals surface area contributed by atoms with E-state index in [1.165, 1.54) is 9.80 Å². The molecule has 3 saturated carbocycles. The molecule has 2 saturated heterocycles. The Kier molecular flexibility index (Phi) is 3.10. The molecule has 1 aromatic carbocycles. The summed E-state index contributed by atoms with van der Waals surface area (Å²) in [5.41, 5.74) is 1.07. The summed E-state index contributed by atoms with van der Waals surface area (Å²) in [6, 6.07) is 6.81. The smallest absolute Gasteiger partial charge is 0.238 e. The third-order valence-corrected chi connectivity index (χ3v) is 8.76. The normalized spacial score (nSPS) is 42.8. The zero-order valence-electron chi connectivity index (χ0n) is 16.4. The fourth-order valence-electron chi connectivity index (χ4n) is 7.57. The SMILES string of the molecule is O=C1[C@@H]2[C@H]3CC[C@@H](C3)[C@H]2C(=O)N1c1ccc(N2C(=O)[C@@H]3[C@H](C2=O)[C@H]2C=C[C@H]3C2)cc1. The molecule has 2 heterocycles. The van der Waals surface area contributed by atoms with Crippen LogP contribution in [0, 0.1) is 47.3 Å². The van der Waals surface area contributed by atoms with Crippen LogP contribution < -0.4 is 9.80 Å². The highest BCUT2D eigenvalue weighted by Gasteiger charge is 2.61. The van der Waals surface area contributed by atoms with Gasteiger partial charge in [-0.2, -0.15) is 0 Å². The van der Waals surface area contributed by atoms with E-state index < -0.39 is 0 Å². The summed E-state index contributed by atoms with van der Waals surface area (Å²) in [7, 11) is 0. The van der Waals surface area contributed by atoms with Gasteiger partial charge >= 0.3 is 0 Å². The number of amides is 4. The van der Waals surface area contributed by atoms with Gasteiger partial charge in [0.1, 0.15) is 0 Å². The number of fused-ring (bicyclic) bond motifs is 10. The maximum absolute atomic E-state index is 13.0. The lowest BCUT2D eigenvalue weighted by Gasteiger charge is -2.20. The van der Waals surface area contributed by atoms with Crippen molar-refractivity contribution in [3.63, 3.8) is 0 Å². The zero-order valence-corrected chi connectivity index (χ0v) is 16.4. The Balaban J connectivity index is 1.18. The number of carbonyl (C=O) groups excluding carboxylic acids is 4. The molecule has 8 atom stereocenters. The van der Waals surface area contributed by atoms with Crippen molar-refractivity contribution in [3.05, 3.63) is 36.4 Å². The lowest BCUT2D eigenvalue weighted by Crippen LogP contribution is -2.34. The minimum atomic E-state index is -0.233. The fraction of sp³-hybridized carbons (Fsp3) is 0.500. The van der Waals surface area contributed by atoms with Crippen LogP contribution in [0.5, 0.6) is 0 Å². The second kappa shape index (κ2) is 5.48. The number of hydrogen-bond donors (Lipinski definition) is 0. The number of carbonyl (C=O) groups is 4. The predicted octanol–water partition coefficient (Wildman–Crippen LogP) is 2.53. The summed E-state index contributed by atoms with van der Waals surface area (Å²) in [5, 5.41) is 0. The molecule has 0 radical (unpaired) electrons. The molecule has 4 bridgehead atoms. The fourth-order valence-corrected chi connectivity index (χ4v) is 7.57. The molecule has 0 spiro atoms. The highest BCUT2D eigenvalue weighted by Crippen LogP contribution is 2.57. The van der Waals surface area contributed by atoms with Crippen LogP contribution in [0.3, 0.4) is 0 Å². The summed E-state index contributed by atoms with van der Waals surface area (Å²) in [6.45, 7) is 0. The van der Waals surface area contributed by atoms with Crippen molar-refractivity contribution in [2.75, 3.05) is 9.80 Å². The Bertz CT molecular complexity index is 980. The van der Waals surface area contributed by atoms with Crippen LogP contribution in [0.2, 0.25) is 0 Å². The first-order valence-corrected chi connectivity index (χ1v) is 11.1. The van der Waals surface area contributed by atoms with E-state index in [1.807, 2.05) is 0 Å². The number of hydrogen-bond acceptors (Lipinski definition) is 4. The second-order valence-electron chi connectivity index (χ2n) is 9.92. The number of rotatable bonds is 2. The Labute approximate surface area is 173 Å². The summed E-state index contributed by atoms with van der Waals surface area (Å²) < 4.78 is 0. The minimum absolute atomic E-state index is 0.0737. The molecule has 0 aromatic heterocycles. The first-order chi connectivity index (χ1) is 14.5. The molecule has 0 N–H and O–H groups in total. The van der Waals surface area contributed by atoms with E-state index in [-0.39, 0.29) is 59.1 Å². The third-order valence-electron chi connectivity index (χ3n) is 8.76. The molecule has 152 valence electrons. The molecule has 6 heteroatoms. The van der Waals surface area contributed by atoms with Gasteiger partial charge in [-0.3, -0.25) is 29.0 Å². The van der Waals surface area contributed by atoms with Gasteiger partial charge < -0.3 is 0 Å². The van der Waals surface area contributed by atoms with E-state index >= 15 is 0 Å². The molecular weight excluding hydrogens is 380 g/mol. The summed E-state index contributed by atoms with van der Waals surface area (Å²) >= 11 is 0. The van der Waals surface area contributed by atoms with Gasteiger partial charge in [-0.05, 0) is 73.6 Å². The van der Waals surface area contributed by atoms with Crippen LogP contribution in [0.1, 0.15) is 25.7 Å². The van der Waals surface area contributed by atoms with E-state index in [1.54, 1.807) is 24.3 Å². The topological polar surface area (TPSA) is 74.8 Å². The van der Waals surface area contributed by atoms with Gasteiger partial charge in [-0.25, -0.2) is 0 Å². The van der Waals surface area contributed by atoms with E-state index in [2.05, 4.69) is 12.2 Å². The Hall–Kier alpha value is -2.76. The molecular formula is C24H22N2O4. The maximum Gasteiger partial charge on any atom is 0.238 e. The van der Waals surface area contributed by atoms with Gasteiger partial charge in [0, 0.05) is 0 Å². The number of allylic oxidation sites excluding steroid dienone is 2. The summed E-state index contributed by atoms with van der Waals surface area (Å²) in [5.74, 6) is -0.0971. The van der Waals surface area contributed by atoms with Crippen LogP contribution in [-0.2, 0) is 19.2 Å². The molecule has 4 amide bonds. The maximum atomic E-state index is 13.0. The molecule has 4 aliphatic carbocycles. The average molecular weight is 402 g/mol. The lowest BCUT2D eigenvalue weighted by atomic mass is 9.81. The molecule has 0 unspecified atom stereocenters. The van der Waals surface area contributed by atoms with Gasteiger partial charge in [-0.15, -0.1) is 0 Å². The van der Waals surface area contributed by atoms with Gasteiger partial charge in [0.05, 0.1) is 35.0 Å². The summed E-state index contributed by atoms with van der Waals surface area (Å²) in [4.78, 5) is 54.7. The van der Waals surface area contributed by atoms with E-state index in [4.69, 9.17) is 0 Å². The number of nitrogens with zero attached hydrogens (tertiary/aromatic N) is 2. The third kappa shape index (κ3) is 1.86.